The Morgan fingerprint density at radius 1 is 1.00 bits per heavy atom. The van der Waals surface area contributed by atoms with E-state index in [1.165, 1.54) is 0 Å². The van der Waals surface area contributed by atoms with Gasteiger partial charge in [0.25, 0.3) is 0 Å². The van der Waals surface area contributed by atoms with Crippen molar-refractivity contribution in [3.05, 3.63) is 40.4 Å². The van der Waals surface area contributed by atoms with E-state index in [0.29, 0.717) is 5.82 Å². The predicted molar refractivity (Wildman–Crippen MR) is 71.8 cm³/mol. The van der Waals surface area contributed by atoms with Crippen LogP contribution in [-0.2, 0) is 0 Å². The molecule has 3 nitrogen and oxygen atoms in total. The lowest BCUT2D eigenvalue weighted by atomic mass is 10.2. The second-order valence-electron chi connectivity index (χ2n) is 3.88. The molecule has 0 radical (unpaired) electrons. The Bertz CT molecular complexity index is 547. The lowest BCUT2D eigenvalue weighted by Gasteiger charge is -2.12. The molecule has 2 rings (SSSR count). The Morgan fingerprint density at radius 3 is 1.94 bits per heavy atom. The largest absolute Gasteiger partial charge is 0.378 e. The standard InChI is InChI=1S/C12H10Cl2FN3/c1-18(2)8-5-3-7(4-6-8)12-16-10(13)9(15)11(14)17-12/h3-6H,1-2H3. The molecule has 1 heterocycles. The highest BCUT2D eigenvalue weighted by Crippen LogP contribution is 2.25. The van der Waals surface area contributed by atoms with Crippen LogP contribution in [0.4, 0.5) is 10.1 Å². The molecule has 0 fully saturated rings. The first-order valence-electron chi connectivity index (χ1n) is 5.15. The Labute approximate surface area is 114 Å². The Balaban J connectivity index is 2.43. The maximum Gasteiger partial charge on any atom is 0.197 e. The molecule has 1 aromatic carbocycles. The molecule has 0 aliphatic heterocycles. The topological polar surface area (TPSA) is 29.0 Å². The molecule has 0 bridgehead atoms. The lowest BCUT2D eigenvalue weighted by molar-refractivity contribution is 0.615. The molecule has 0 amide bonds. The van der Waals surface area contributed by atoms with Gasteiger partial charge in [-0.05, 0) is 24.3 Å². The zero-order valence-corrected chi connectivity index (χ0v) is 11.3. The van der Waals surface area contributed by atoms with Crippen molar-refractivity contribution in [2.45, 2.75) is 0 Å². The van der Waals surface area contributed by atoms with Gasteiger partial charge in [-0.15, -0.1) is 0 Å². The van der Waals surface area contributed by atoms with Gasteiger partial charge in [-0.1, -0.05) is 23.2 Å². The maximum absolute atomic E-state index is 13.2. The molecule has 0 N–H and O–H groups in total. The van der Waals surface area contributed by atoms with Crippen molar-refractivity contribution in [1.29, 1.82) is 0 Å². The van der Waals surface area contributed by atoms with Gasteiger partial charge >= 0.3 is 0 Å². The number of hydrogen-bond acceptors (Lipinski definition) is 3. The molecular weight excluding hydrogens is 276 g/mol. The van der Waals surface area contributed by atoms with Crippen LogP contribution in [0.5, 0.6) is 0 Å². The molecule has 0 unspecified atom stereocenters. The van der Waals surface area contributed by atoms with E-state index in [0.717, 1.165) is 11.3 Å². The van der Waals surface area contributed by atoms with Crippen LogP contribution in [0.25, 0.3) is 11.4 Å². The summed E-state index contributed by atoms with van der Waals surface area (Å²) in [5.41, 5.74) is 1.77. The zero-order chi connectivity index (χ0) is 13.3. The van der Waals surface area contributed by atoms with Crippen molar-refractivity contribution in [3.63, 3.8) is 0 Å². The number of nitrogens with zero attached hydrogens (tertiary/aromatic N) is 3. The number of aromatic nitrogens is 2. The van der Waals surface area contributed by atoms with Gasteiger partial charge < -0.3 is 4.90 Å². The van der Waals surface area contributed by atoms with Gasteiger partial charge in [0.05, 0.1) is 0 Å². The summed E-state index contributed by atoms with van der Waals surface area (Å²) < 4.78 is 13.2. The summed E-state index contributed by atoms with van der Waals surface area (Å²) in [7, 11) is 3.88. The van der Waals surface area contributed by atoms with Crippen LogP contribution in [0.3, 0.4) is 0 Å². The molecule has 1 aromatic heterocycles. The summed E-state index contributed by atoms with van der Waals surface area (Å²) in [6, 6.07) is 7.47. The SMILES string of the molecule is CN(C)c1ccc(-c2nc(Cl)c(F)c(Cl)n2)cc1. The maximum atomic E-state index is 13.2. The van der Waals surface area contributed by atoms with Crippen LogP contribution in [0.1, 0.15) is 0 Å². The van der Waals surface area contributed by atoms with Crippen LogP contribution < -0.4 is 4.90 Å². The number of halogens is 3. The first-order chi connectivity index (χ1) is 8.49. The molecular formula is C12H10Cl2FN3. The van der Waals surface area contributed by atoms with Gasteiger partial charge in [-0.3, -0.25) is 0 Å². The summed E-state index contributed by atoms with van der Waals surface area (Å²) in [5.74, 6) is -0.497. The fraction of sp³-hybridized carbons (Fsp3) is 0.167. The minimum atomic E-state index is -0.799. The second kappa shape index (κ2) is 5.08. The smallest absolute Gasteiger partial charge is 0.197 e. The Hall–Kier alpha value is -1.39. The van der Waals surface area contributed by atoms with Crippen LogP contribution in [0.15, 0.2) is 24.3 Å². The van der Waals surface area contributed by atoms with E-state index in [2.05, 4.69) is 9.97 Å². The first-order valence-corrected chi connectivity index (χ1v) is 5.91. The molecule has 0 saturated heterocycles. The van der Waals surface area contributed by atoms with Crippen molar-refractivity contribution in [2.75, 3.05) is 19.0 Å². The van der Waals surface area contributed by atoms with Crippen molar-refractivity contribution < 1.29 is 4.39 Å². The van der Waals surface area contributed by atoms with Crippen LogP contribution in [0.2, 0.25) is 10.3 Å². The Morgan fingerprint density at radius 2 is 1.50 bits per heavy atom. The average molecular weight is 286 g/mol. The summed E-state index contributed by atoms with van der Waals surface area (Å²) in [4.78, 5) is 9.69. The van der Waals surface area contributed by atoms with Gasteiger partial charge in [-0.25, -0.2) is 14.4 Å². The quantitative estimate of drug-likeness (QED) is 0.789. The van der Waals surface area contributed by atoms with Gasteiger partial charge in [0, 0.05) is 25.3 Å². The zero-order valence-electron chi connectivity index (χ0n) is 9.78. The molecule has 94 valence electrons. The Kier molecular flexibility index (Phi) is 3.68. The lowest BCUT2D eigenvalue weighted by Crippen LogP contribution is -2.08. The first kappa shape index (κ1) is 13.1. The molecule has 0 aliphatic rings. The summed E-state index contributed by atoms with van der Waals surface area (Å²) in [6.07, 6.45) is 0. The third kappa shape index (κ3) is 2.54. The highest BCUT2D eigenvalue weighted by molar-refractivity contribution is 6.33. The normalized spacial score (nSPS) is 10.5. The molecule has 18 heavy (non-hydrogen) atoms. The number of rotatable bonds is 2. The van der Waals surface area contributed by atoms with E-state index in [9.17, 15) is 4.39 Å². The van der Waals surface area contributed by atoms with E-state index in [4.69, 9.17) is 23.2 Å². The van der Waals surface area contributed by atoms with E-state index >= 15 is 0 Å². The summed E-state index contributed by atoms with van der Waals surface area (Å²) in [5, 5.41) is -0.552. The van der Waals surface area contributed by atoms with Crippen molar-refractivity contribution in [1.82, 2.24) is 9.97 Å². The van der Waals surface area contributed by atoms with Crippen LogP contribution in [-0.4, -0.2) is 24.1 Å². The van der Waals surface area contributed by atoms with E-state index in [1.54, 1.807) is 0 Å². The fourth-order valence-electron chi connectivity index (χ4n) is 1.43. The van der Waals surface area contributed by atoms with E-state index in [-0.39, 0.29) is 10.3 Å². The third-order valence-electron chi connectivity index (χ3n) is 2.41. The molecule has 0 atom stereocenters. The number of anilines is 1. The van der Waals surface area contributed by atoms with Crippen molar-refractivity contribution >= 4 is 28.9 Å². The molecule has 0 aliphatic carbocycles. The highest BCUT2D eigenvalue weighted by atomic mass is 35.5. The molecule has 0 spiro atoms. The molecule has 0 saturated carbocycles. The molecule has 6 heteroatoms. The fourth-order valence-corrected chi connectivity index (χ4v) is 1.82. The van der Waals surface area contributed by atoms with Gasteiger partial charge in [-0.2, -0.15) is 0 Å². The summed E-state index contributed by atoms with van der Waals surface area (Å²) >= 11 is 11.3. The van der Waals surface area contributed by atoms with Gasteiger partial charge in [0.15, 0.2) is 21.9 Å². The average Bonchev–Trinajstić information content (AvgIpc) is 2.35. The van der Waals surface area contributed by atoms with E-state index < -0.39 is 5.82 Å². The number of hydrogen-bond donors (Lipinski definition) is 0. The molecule has 2 aromatic rings. The van der Waals surface area contributed by atoms with Crippen molar-refractivity contribution in [3.8, 4) is 11.4 Å². The minimum Gasteiger partial charge on any atom is -0.378 e. The van der Waals surface area contributed by atoms with Gasteiger partial charge in [0.2, 0.25) is 0 Å². The third-order valence-corrected chi connectivity index (χ3v) is 2.91. The summed E-state index contributed by atoms with van der Waals surface area (Å²) in [6.45, 7) is 0. The van der Waals surface area contributed by atoms with Crippen molar-refractivity contribution in [2.24, 2.45) is 0 Å². The minimum absolute atomic E-state index is 0.276. The van der Waals surface area contributed by atoms with Gasteiger partial charge in [0.1, 0.15) is 0 Å². The monoisotopic (exact) mass is 285 g/mol. The predicted octanol–water partition coefficient (Wildman–Crippen LogP) is 3.66. The highest BCUT2D eigenvalue weighted by Gasteiger charge is 2.12. The van der Waals surface area contributed by atoms with Crippen LogP contribution in [0, 0.1) is 5.82 Å². The number of benzene rings is 1. The van der Waals surface area contributed by atoms with E-state index in [1.807, 2.05) is 43.3 Å². The second-order valence-corrected chi connectivity index (χ2v) is 4.60. The van der Waals surface area contributed by atoms with Crippen LogP contribution >= 0.6 is 23.2 Å².